The van der Waals surface area contributed by atoms with Gasteiger partial charge in [0.15, 0.2) is 0 Å². The zero-order valence-electron chi connectivity index (χ0n) is 18.3. The minimum Gasteiger partial charge on any atom is -0.457 e. The molecule has 0 aliphatic carbocycles. The van der Waals surface area contributed by atoms with E-state index >= 15 is 0 Å². The minimum atomic E-state index is -0.258. The normalized spacial score (nSPS) is 10.8. The zero-order chi connectivity index (χ0) is 22.8. The maximum absolute atomic E-state index is 12.9. The van der Waals surface area contributed by atoms with Crippen molar-refractivity contribution in [2.75, 3.05) is 19.4 Å². The molecular formula is C25H23N3O3S. The molecule has 4 aromatic rings. The van der Waals surface area contributed by atoms with Crippen LogP contribution in [0, 0.1) is 13.8 Å². The van der Waals surface area contributed by atoms with Crippen molar-refractivity contribution in [1.29, 1.82) is 0 Å². The Labute approximate surface area is 190 Å². The maximum atomic E-state index is 12.9. The Balaban J connectivity index is 1.64. The van der Waals surface area contributed by atoms with Gasteiger partial charge in [-0.05, 0) is 72.8 Å². The number of amides is 2. The van der Waals surface area contributed by atoms with Crippen LogP contribution in [0.3, 0.4) is 0 Å². The summed E-state index contributed by atoms with van der Waals surface area (Å²) in [6.45, 7) is 3.96. The van der Waals surface area contributed by atoms with E-state index in [1.165, 1.54) is 4.90 Å². The van der Waals surface area contributed by atoms with Crippen molar-refractivity contribution in [3.8, 4) is 11.5 Å². The summed E-state index contributed by atoms with van der Waals surface area (Å²) in [5, 5.41) is 5.84. The molecule has 0 bridgehead atoms. The number of aromatic nitrogens is 1. The molecule has 2 aromatic heterocycles. The van der Waals surface area contributed by atoms with Gasteiger partial charge in [-0.3, -0.25) is 9.59 Å². The molecule has 0 radical (unpaired) electrons. The summed E-state index contributed by atoms with van der Waals surface area (Å²) in [5.41, 5.74) is 3.16. The molecule has 0 atom stereocenters. The average molecular weight is 446 g/mol. The third-order valence-corrected chi connectivity index (χ3v) is 6.02. The van der Waals surface area contributed by atoms with Crippen LogP contribution < -0.4 is 10.1 Å². The van der Waals surface area contributed by atoms with Crippen LogP contribution in [-0.2, 0) is 0 Å². The highest BCUT2D eigenvalue weighted by molar-refractivity contribution is 7.17. The number of benzene rings is 2. The molecule has 0 saturated heterocycles. The second kappa shape index (κ2) is 8.80. The summed E-state index contributed by atoms with van der Waals surface area (Å²) in [5.74, 6) is 1.34. The number of nitrogens with zero attached hydrogens (tertiary/aromatic N) is 2. The van der Waals surface area contributed by atoms with Crippen LogP contribution in [0.25, 0.3) is 10.1 Å². The first-order chi connectivity index (χ1) is 15.3. The first-order valence-electron chi connectivity index (χ1n) is 10.1. The maximum Gasteiger partial charge on any atom is 0.257 e. The predicted molar refractivity (Wildman–Crippen MR) is 128 cm³/mol. The molecule has 0 spiro atoms. The summed E-state index contributed by atoms with van der Waals surface area (Å²) >= 11 is 1.56. The highest BCUT2D eigenvalue weighted by Crippen LogP contribution is 2.37. The summed E-state index contributed by atoms with van der Waals surface area (Å²) in [6, 6.07) is 14.2. The second-order valence-electron chi connectivity index (χ2n) is 7.77. The van der Waals surface area contributed by atoms with Crippen molar-refractivity contribution in [2.45, 2.75) is 13.8 Å². The van der Waals surface area contributed by atoms with Crippen molar-refractivity contribution in [3.05, 3.63) is 82.4 Å². The molecule has 6 nitrogen and oxygen atoms in total. The second-order valence-corrected chi connectivity index (χ2v) is 8.68. The number of carbonyl (C=O) groups excluding carboxylic acids is 2. The van der Waals surface area contributed by atoms with Crippen LogP contribution in [0.2, 0.25) is 0 Å². The number of thiophene rings is 1. The minimum absolute atomic E-state index is 0.0731. The van der Waals surface area contributed by atoms with Gasteiger partial charge in [-0.2, -0.15) is 0 Å². The first-order valence-corrected chi connectivity index (χ1v) is 10.9. The molecule has 0 saturated carbocycles. The van der Waals surface area contributed by atoms with Crippen LogP contribution >= 0.6 is 11.3 Å². The number of fused-ring (bicyclic) bond motifs is 1. The van der Waals surface area contributed by atoms with Gasteiger partial charge in [0.25, 0.3) is 11.8 Å². The van der Waals surface area contributed by atoms with E-state index in [0.29, 0.717) is 28.4 Å². The Kier molecular flexibility index (Phi) is 5.92. The van der Waals surface area contributed by atoms with E-state index in [0.717, 1.165) is 21.2 Å². The van der Waals surface area contributed by atoms with Crippen LogP contribution in [0.15, 0.2) is 60.1 Å². The molecule has 0 unspecified atom stereocenters. The van der Waals surface area contributed by atoms with Crippen molar-refractivity contribution in [3.63, 3.8) is 0 Å². The lowest BCUT2D eigenvalue weighted by Gasteiger charge is -2.13. The summed E-state index contributed by atoms with van der Waals surface area (Å²) in [6.07, 6.45) is 1.71. The standard InChI is InChI=1S/C25H23N3O3S/c1-15-5-10-22(26-13-15)27-24(29)18-11-20(23-16(2)14-32-21(23)12-18)31-19-8-6-17(7-9-19)25(30)28(3)4/h5-14H,1-4H3,(H,26,27,29). The van der Waals surface area contributed by atoms with Crippen molar-refractivity contribution >= 4 is 39.1 Å². The SMILES string of the molecule is Cc1ccc(NC(=O)c2cc(Oc3ccc(C(=O)N(C)C)cc3)c3c(C)csc3c2)nc1. The molecule has 2 aromatic carbocycles. The lowest BCUT2D eigenvalue weighted by atomic mass is 10.1. The number of anilines is 1. The van der Waals surface area contributed by atoms with Gasteiger partial charge in [-0.25, -0.2) is 4.98 Å². The van der Waals surface area contributed by atoms with E-state index in [1.54, 1.807) is 68.0 Å². The van der Waals surface area contributed by atoms with Crippen LogP contribution in [-0.4, -0.2) is 35.8 Å². The van der Waals surface area contributed by atoms with Gasteiger partial charge >= 0.3 is 0 Å². The number of ether oxygens (including phenoxy) is 1. The molecule has 162 valence electrons. The Morgan fingerprint density at radius 1 is 1.00 bits per heavy atom. The lowest BCUT2D eigenvalue weighted by molar-refractivity contribution is 0.0827. The first kappa shape index (κ1) is 21.5. The van der Waals surface area contributed by atoms with Crippen molar-refractivity contribution in [1.82, 2.24) is 9.88 Å². The molecular weight excluding hydrogens is 422 g/mol. The number of aryl methyl sites for hydroxylation is 2. The highest BCUT2D eigenvalue weighted by atomic mass is 32.1. The van der Waals surface area contributed by atoms with Gasteiger partial charge in [0.2, 0.25) is 0 Å². The topological polar surface area (TPSA) is 71.5 Å². The summed E-state index contributed by atoms with van der Waals surface area (Å²) in [4.78, 5) is 30.8. The Bertz CT molecular complexity index is 1290. The zero-order valence-corrected chi connectivity index (χ0v) is 19.1. The molecule has 4 rings (SSSR count). The smallest absolute Gasteiger partial charge is 0.257 e. The molecule has 2 heterocycles. The van der Waals surface area contributed by atoms with Gasteiger partial charge in [0.05, 0.1) is 0 Å². The fourth-order valence-electron chi connectivity index (χ4n) is 3.27. The molecule has 2 amide bonds. The molecule has 0 fully saturated rings. The van der Waals surface area contributed by atoms with Gasteiger partial charge in [0.1, 0.15) is 17.3 Å². The number of rotatable bonds is 5. The van der Waals surface area contributed by atoms with Crippen LogP contribution in [0.5, 0.6) is 11.5 Å². The monoisotopic (exact) mass is 445 g/mol. The van der Waals surface area contributed by atoms with E-state index < -0.39 is 0 Å². The Morgan fingerprint density at radius 2 is 1.75 bits per heavy atom. The summed E-state index contributed by atoms with van der Waals surface area (Å²) < 4.78 is 7.13. The van der Waals surface area contributed by atoms with Gasteiger partial charge < -0.3 is 15.0 Å². The van der Waals surface area contributed by atoms with E-state index in [2.05, 4.69) is 10.3 Å². The van der Waals surface area contributed by atoms with Gasteiger partial charge in [-0.1, -0.05) is 6.07 Å². The molecule has 7 heteroatoms. The van der Waals surface area contributed by atoms with Crippen LogP contribution in [0.4, 0.5) is 5.82 Å². The lowest BCUT2D eigenvalue weighted by Crippen LogP contribution is -2.21. The Hall–Kier alpha value is -3.71. The quantitative estimate of drug-likeness (QED) is 0.430. The predicted octanol–water partition coefficient (Wildman–Crippen LogP) is 5.66. The third kappa shape index (κ3) is 4.48. The van der Waals surface area contributed by atoms with Gasteiger partial charge in [0, 0.05) is 41.5 Å². The van der Waals surface area contributed by atoms with Crippen LogP contribution in [0.1, 0.15) is 31.8 Å². The van der Waals surface area contributed by atoms with Crippen molar-refractivity contribution < 1.29 is 14.3 Å². The molecule has 1 N–H and O–H groups in total. The van der Waals surface area contributed by atoms with E-state index in [4.69, 9.17) is 4.74 Å². The number of pyridine rings is 1. The number of hydrogen-bond donors (Lipinski definition) is 1. The van der Waals surface area contributed by atoms with E-state index in [1.807, 2.05) is 31.4 Å². The largest absolute Gasteiger partial charge is 0.457 e. The molecule has 0 aliphatic heterocycles. The fourth-order valence-corrected chi connectivity index (χ4v) is 4.27. The Morgan fingerprint density at radius 3 is 2.41 bits per heavy atom. The van der Waals surface area contributed by atoms with E-state index in [-0.39, 0.29) is 11.8 Å². The van der Waals surface area contributed by atoms with Crippen molar-refractivity contribution in [2.24, 2.45) is 0 Å². The van der Waals surface area contributed by atoms with Gasteiger partial charge in [-0.15, -0.1) is 11.3 Å². The number of nitrogens with one attached hydrogen (secondary N) is 1. The molecule has 0 aliphatic rings. The highest BCUT2D eigenvalue weighted by Gasteiger charge is 2.16. The van der Waals surface area contributed by atoms with E-state index in [9.17, 15) is 9.59 Å². The third-order valence-electron chi connectivity index (χ3n) is 4.97. The fraction of sp³-hybridized carbons (Fsp3) is 0.160. The number of hydrogen-bond acceptors (Lipinski definition) is 5. The summed E-state index contributed by atoms with van der Waals surface area (Å²) in [7, 11) is 3.43. The average Bonchev–Trinajstić information content (AvgIpc) is 3.16. The number of carbonyl (C=O) groups is 2. The molecule has 32 heavy (non-hydrogen) atoms.